The topological polar surface area (TPSA) is 476 Å². The summed E-state index contributed by atoms with van der Waals surface area (Å²) in [5.41, 5.74) is 1.79. The van der Waals surface area contributed by atoms with Crippen molar-refractivity contribution in [1.82, 2.24) is 91.6 Å². The van der Waals surface area contributed by atoms with Crippen LogP contribution in [0.2, 0.25) is 0 Å². The van der Waals surface area contributed by atoms with E-state index in [2.05, 4.69) is 58.9 Å². The SMILES string of the molecule is C=CCc1cc2nn([C@H]3C[C@H]4C(=O)N[C@@]5(C(=O)O)C[C@H]5/C=C\CCCCC[C@@H](NC(=O)OC(C)(C)C)C(=O)N4C3)nc2c(C)c1C.COc1ccc2nn([C@H]3C[C@H]4C(=O)N[C@@]5(C(=O)O)C[C@H]5/C=C\CCCCC[C@@H](NC(=O)OC(C)(C)C)C(=O)N4C3)nc2c1.Cc1cccc2nn([C@H]3C[C@H]4C(=O)N[C@@]5(C(=O)O)C[C@H]5/C=C\CCCCC[C@@H](NC(=O)OC(C)(C)C)C(=O)N4C3)nc12.S.S.S.S.S.S.S. The molecule has 9 heterocycles. The lowest BCUT2D eigenvalue weighted by Crippen LogP contribution is -2.56. The molecule has 0 unspecified atom stereocenters. The molecule has 6 aliphatic heterocycles. The summed E-state index contributed by atoms with van der Waals surface area (Å²) in [4.78, 5) is 168. The minimum atomic E-state index is -1.41. The summed E-state index contributed by atoms with van der Waals surface area (Å²) in [5.74, 6) is -6.55. The number of carboxylic acids is 3. The number of carboxylic acid groups (broad SMARTS) is 3. The van der Waals surface area contributed by atoms with Gasteiger partial charge in [0.1, 0.15) is 109 Å². The lowest BCUT2D eigenvalue weighted by molar-refractivity contribution is -0.146. The van der Waals surface area contributed by atoms with Crippen molar-refractivity contribution in [3.8, 4) is 5.75 Å². The van der Waals surface area contributed by atoms with E-state index in [1.807, 2.05) is 87.6 Å². The van der Waals surface area contributed by atoms with Crippen molar-refractivity contribution in [3.63, 3.8) is 0 Å². The first kappa shape index (κ1) is 117. The van der Waals surface area contributed by atoms with Crippen molar-refractivity contribution in [2.24, 2.45) is 17.8 Å². The minimum Gasteiger partial charge on any atom is -0.497 e. The van der Waals surface area contributed by atoms with Crippen molar-refractivity contribution in [2.75, 3.05) is 26.7 Å². The van der Waals surface area contributed by atoms with Gasteiger partial charge in [-0.15, -0.1) is 6.58 Å². The smallest absolute Gasteiger partial charge is 0.408 e. The standard InChI is InChI=1S/C34H46N6O6.C30H40N6O7.C30H40N6O6.7H2S/c1-7-13-22-16-26-28(21(3)20(22)2)38-40(37-26)24-17-27-29(41)36-34(31(43)44)18-23(34)14-11-9-8-10-12-15-25(30(42)39(27)19-24)35-32(45)46-33(4,5)6;1-29(2,3)43-28(41)31-22-11-9-7-5-6-8-10-18-16-30(18,27(39)40)32-25(37)24-14-19(17-35(24)26(22)38)36-33-21-13-12-20(42-4)15-23(21)34-36;1-18-11-10-14-21-24(18)34-36(33-21)20-15-23-25(37)32-30(27(39)40)16-19(30)12-8-6-5-7-9-13-22(26(38)35(23)17-20)31-28(41)42-29(2,3)4;;;;;;;/h7,11,14,16,23-25,27H,1,8-10,12-13,15,17-19H2,2-6H3,(H,35,45)(H,36,41)(H,43,44);8,10,12-13,15,18-19,22,24H,5-7,9,11,14,16-17H2,1-4H3,(H,31,41)(H,32,37)(H,39,40);8,10-12,14,19-20,22-23H,5-7,9,13,15-17H2,1-4H3,(H,31,41)(H,32,37)(H,39,40);7*1H2/b14-11-;10-8-;12-8-;;;;;;;/t23-,24+,25-,27+,34+;18-,19+,22-,24+,30+;19-,20+,22-,23+,30+;;;;;;;/m111......./s1. The Hall–Kier alpha value is -9.89. The number of hydrogen-bond donors (Lipinski definition) is 9. The highest BCUT2D eigenvalue weighted by Crippen LogP contribution is 2.49. The maximum atomic E-state index is 14.3. The second kappa shape index (κ2) is 48.5. The number of methoxy groups -OCH3 is 1. The third kappa shape index (κ3) is 27.7. The highest BCUT2D eigenvalue weighted by Gasteiger charge is 2.64. The van der Waals surface area contributed by atoms with Crippen molar-refractivity contribution in [2.45, 2.75) is 312 Å². The summed E-state index contributed by atoms with van der Waals surface area (Å²) >= 11 is 0. The quantitative estimate of drug-likeness (QED) is 0.0406. The normalized spacial score (nSPS) is 27.3. The molecule has 0 spiro atoms. The second-order valence-corrected chi connectivity index (χ2v) is 39.2. The molecule has 44 heteroatoms. The lowest BCUT2D eigenvalue weighted by atomic mass is 9.99. The van der Waals surface area contributed by atoms with Gasteiger partial charge in [0.25, 0.3) is 0 Å². The van der Waals surface area contributed by atoms with E-state index in [1.165, 1.54) is 19.5 Å². The van der Waals surface area contributed by atoms with E-state index in [0.29, 0.717) is 79.2 Å². The van der Waals surface area contributed by atoms with Crippen LogP contribution in [0.1, 0.15) is 238 Å². The lowest BCUT2D eigenvalue weighted by Gasteiger charge is -2.30. The number of carbonyl (C=O) groups excluding carboxylic acids is 9. The van der Waals surface area contributed by atoms with E-state index >= 15 is 0 Å². The van der Waals surface area contributed by atoms with Crippen molar-refractivity contribution in [3.05, 3.63) is 114 Å². The fourth-order valence-electron chi connectivity index (χ4n) is 18.5. The molecule has 37 nitrogen and oxygen atoms in total. The largest absolute Gasteiger partial charge is 0.497 e. The monoisotopic (exact) mass is 2050 g/mol. The molecule has 3 saturated carbocycles. The fraction of sp³-hybridized carbons (Fsp3) is 0.596. The third-order valence-electron chi connectivity index (χ3n) is 25.9. The van der Waals surface area contributed by atoms with Crippen LogP contribution in [-0.4, -0.2) is 243 Å². The van der Waals surface area contributed by atoms with Gasteiger partial charge < -0.3 is 80.9 Å². The molecule has 9 aliphatic rings. The molecule has 6 fully saturated rings. The molecule has 0 bridgehead atoms. The van der Waals surface area contributed by atoms with E-state index in [-0.39, 0.29) is 164 Å². The third-order valence-corrected chi connectivity index (χ3v) is 25.9. The molecule has 15 atom stereocenters. The molecule has 3 saturated heterocycles. The number of alkyl carbamates (subject to hydrolysis) is 3. The maximum absolute atomic E-state index is 14.3. The number of rotatable bonds is 12. The van der Waals surface area contributed by atoms with Gasteiger partial charge in [-0.3, -0.25) is 28.8 Å². The number of aryl methyl sites for hydroxylation is 2. The van der Waals surface area contributed by atoms with Crippen LogP contribution >= 0.6 is 94.5 Å². The fourth-order valence-corrected chi connectivity index (χ4v) is 18.5. The van der Waals surface area contributed by atoms with Gasteiger partial charge in [-0.05, 0) is 213 Å². The number of aliphatic carboxylic acids is 3. The molecule has 3 aliphatic carbocycles. The Morgan fingerprint density at radius 1 is 0.449 bits per heavy atom. The first-order chi connectivity index (χ1) is 62.0. The Morgan fingerprint density at radius 2 is 0.797 bits per heavy atom. The van der Waals surface area contributed by atoms with Gasteiger partial charge in [-0.25, -0.2) is 28.8 Å². The predicted molar refractivity (Wildman–Crippen MR) is 553 cm³/mol. The molecular weight excluding hydrogens is 1910 g/mol. The number of allylic oxidation sites excluding steroid dienone is 4. The summed E-state index contributed by atoms with van der Waals surface area (Å²) < 4.78 is 21.7. The van der Waals surface area contributed by atoms with Gasteiger partial charge in [0.15, 0.2) is 0 Å². The number of nitrogens with one attached hydrogen (secondary N) is 6. The van der Waals surface area contributed by atoms with Gasteiger partial charge in [-0.1, -0.05) is 93.2 Å². The Balaban J connectivity index is 0.000000310. The Morgan fingerprint density at radius 3 is 1.14 bits per heavy atom. The van der Waals surface area contributed by atoms with Crippen LogP contribution in [0.3, 0.4) is 0 Å². The number of carbonyl (C=O) groups is 12. The molecule has 9 N–H and O–H groups in total. The zero-order valence-corrected chi connectivity index (χ0v) is 87.6. The molecule has 6 aromatic rings. The van der Waals surface area contributed by atoms with Crippen molar-refractivity contribution >= 4 is 199 Å². The highest BCUT2D eigenvalue weighted by atomic mass is 32.1. The van der Waals surface area contributed by atoms with Crippen LogP contribution in [-0.2, 0) is 63.8 Å². The van der Waals surface area contributed by atoms with E-state index in [4.69, 9.17) is 29.1 Å². The Labute approximate surface area is 853 Å². The number of amides is 9. The van der Waals surface area contributed by atoms with Gasteiger partial charge in [0, 0.05) is 62.7 Å². The van der Waals surface area contributed by atoms with Gasteiger partial charge in [0.2, 0.25) is 35.4 Å². The van der Waals surface area contributed by atoms with E-state index in [1.54, 1.807) is 97.2 Å². The van der Waals surface area contributed by atoms with Crippen LogP contribution in [0.25, 0.3) is 33.1 Å². The number of fused-ring (bicyclic) bond motifs is 9. The molecule has 138 heavy (non-hydrogen) atoms. The number of hydrogen-bond acceptors (Lipinski definition) is 22. The van der Waals surface area contributed by atoms with E-state index in [9.17, 15) is 72.9 Å². The Kier molecular flexibility index (Phi) is 41.1. The van der Waals surface area contributed by atoms with Crippen LogP contribution in [0, 0.1) is 38.5 Å². The van der Waals surface area contributed by atoms with Crippen LogP contribution in [0.15, 0.2) is 91.6 Å². The predicted octanol–water partition coefficient (Wildman–Crippen LogP) is 11.3. The summed E-state index contributed by atoms with van der Waals surface area (Å²) in [6.45, 7) is 25.9. The van der Waals surface area contributed by atoms with Crippen LogP contribution < -0.4 is 36.6 Å². The Bertz CT molecular complexity index is 5500. The average molecular weight is 2050 g/mol. The summed E-state index contributed by atoms with van der Waals surface area (Å²) in [6.07, 6.45) is 23.8. The molecule has 15 rings (SSSR count). The molecule has 762 valence electrons. The van der Waals surface area contributed by atoms with Gasteiger partial charge >= 0.3 is 36.2 Å². The molecular formula is C94H140N18O19S7. The number of aromatic nitrogens is 9. The second-order valence-electron chi connectivity index (χ2n) is 39.2. The molecule has 3 aromatic heterocycles. The first-order valence-corrected chi connectivity index (χ1v) is 45.8. The van der Waals surface area contributed by atoms with Crippen molar-refractivity contribution in [1.29, 1.82) is 0 Å². The number of benzene rings is 3. The molecule has 0 radical (unpaired) electrons. The molecule has 9 amide bonds. The molecule has 3 aromatic carbocycles. The zero-order chi connectivity index (χ0) is 94.6. The number of ether oxygens (including phenoxy) is 4. The van der Waals surface area contributed by atoms with Crippen LogP contribution in [0.5, 0.6) is 5.75 Å². The van der Waals surface area contributed by atoms with Crippen LogP contribution in [0.4, 0.5) is 14.4 Å². The van der Waals surface area contributed by atoms with Gasteiger partial charge in [-0.2, -0.15) is 139 Å². The van der Waals surface area contributed by atoms with E-state index < -0.39 is 159 Å². The van der Waals surface area contributed by atoms with E-state index in [0.717, 1.165) is 91.1 Å². The number of nitrogens with zero attached hydrogens (tertiary/aromatic N) is 12. The highest BCUT2D eigenvalue weighted by molar-refractivity contribution is 7.60. The first-order valence-electron chi connectivity index (χ1n) is 45.8. The summed E-state index contributed by atoms with van der Waals surface area (Å²) in [5, 5.41) is 74.9. The van der Waals surface area contributed by atoms with Gasteiger partial charge in [0.05, 0.1) is 25.2 Å². The van der Waals surface area contributed by atoms with Crippen molar-refractivity contribution < 1.29 is 91.8 Å². The zero-order valence-electron chi connectivity index (χ0n) is 80.6. The maximum Gasteiger partial charge on any atom is 0.408 e. The summed E-state index contributed by atoms with van der Waals surface area (Å²) in [6, 6.07) is 5.94. The summed E-state index contributed by atoms with van der Waals surface area (Å²) in [7, 11) is 1.56. The minimum absolute atomic E-state index is 0. The average Bonchev–Trinajstić information content (AvgIpc) is 1.61.